The highest BCUT2D eigenvalue weighted by Gasteiger charge is 2.27. The lowest BCUT2D eigenvalue weighted by Gasteiger charge is -2.38. The molecule has 0 aliphatic carbocycles. The molecule has 2 aliphatic rings. The summed E-state index contributed by atoms with van der Waals surface area (Å²) in [7, 11) is 0. The Morgan fingerprint density at radius 2 is 1.67 bits per heavy atom. The SMILES string of the molecule is O=C(N1CCOCC1)N1CCN(Cc2ccccc2[N+](=O)[O-])CC1. The molecular weight excluding hydrogens is 312 g/mol. The van der Waals surface area contributed by atoms with Gasteiger partial charge < -0.3 is 14.5 Å². The van der Waals surface area contributed by atoms with Crippen LogP contribution in [0.1, 0.15) is 5.56 Å². The van der Waals surface area contributed by atoms with Gasteiger partial charge in [-0.15, -0.1) is 0 Å². The Hall–Kier alpha value is -2.19. The fraction of sp³-hybridized carbons (Fsp3) is 0.562. The Morgan fingerprint density at radius 1 is 1.04 bits per heavy atom. The molecule has 0 spiro atoms. The molecule has 2 fully saturated rings. The largest absolute Gasteiger partial charge is 0.378 e. The number of rotatable bonds is 3. The van der Waals surface area contributed by atoms with E-state index in [-0.39, 0.29) is 16.6 Å². The van der Waals surface area contributed by atoms with Crippen LogP contribution in [0.3, 0.4) is 0 Å². The number of benzene rings is 1. The summed E-state index contributed by atoms with van der Waals surface area (Å²) >= 11 is 0. The molecule has 0 bridgehead atoms. The van der Waals surface area contributed by atoms with Crippen LogP contribution in [0.15, 0.2) is 24.3 Å². The van der Waals surface area contributed by atoms with Crippen LogP contribution in [0.4, 0.5) is 10.5 Å². The van der Waals surface area contributed by atoms with E-state index in [1.165, 1.54) is 6.07 Å². The van der Waals surface area contributed by atoms with Crippen LogP contribution >= 0.6 is 0 Å². The van der Waals surface area contributed by atoms with E-state index < -0.39 is 0 Å². The van der Waals surface area contributed by atoms with Gasteiger partial charge in [0.1, 0.15) is 0 Å². The van der Waals surface area contributed by atoms with E-state index in [1.807, 2.05) is 15.9 Å². The quantitative estimate of drug-likeness (QED) is 0.612. The molecule has 8 nitrogen and oxygen atoms in total. The number of urea groups is 1. The van der Waals surface area contributed by atoms with Crippen LogP contribution in [0.2, 0.25) is 0 Å². The molecule has 2 amide bonds. The smallest absolute Gasteiger partial charge is 0.320 e. The van der Waals surface area contributed by atoms with Gasteiger partial charge in [0.05, 0.1) is 18.1 Å². The molecule has 2 saturated heterocycles. The Labute approximate surface area is 140 Å². The molecule has 0 radical (unpaired) electrons. The number of carbonyl (C=O) groups is 1. The van der Waals surface area contributed by atoms with Crippen LogP contribution in [-0.2, 0) is 11.3 Å². The topological polar surface area (TPSA) is 79.2 Å². The summed E-state index contributed by atoms with van der Waals surface area (Å²) in [6.07, 6.45) is 0. The lowest BCUT2D eigenvalue weighted by molar-refractivity contribution is -0.385. The first-order chi connectivity index (χ1) is 11.6. The van der Waals surface area contributed by atoms with Gasteiger partial charge in [-0.1, -0.05) is 18.2 Å². The van der Waals surface area contributed by atoms with E-state index in [1.54, 1.807) is 12.1 Å². The molecule has 130 valence electrons. The van der Waals surface area contributed by atoms with Crippen LogP contribution < -0.4 is 0 Å². The van der Waals surface area contributed by atoms with Crippen molar-refractivity contribution in [3.05, 3.63) is 39.9 Å². The summed E-state index contributed by atoms with van der Waals surface area (Å²) in [5.41, 5.74) is 0.875. The van der Waals surface area contributed by atoms with Crippen LogP contribution in [-0.4, -0.2) is 78.1 Å². The first-order valence-electron chi connectivity index (χ1n) is 8.21. The van der Waals surface area contributed by atoms with E-state index in [4.69, 9.17) is 4.74 Å². The zero-order chi connectivity index (χ0) is 16.9. The number of nitro groups is 1. The molecule has 2 aliphatic heterocycles. The molecule has 0 N–H and O–H groups in total. The van der Waals surface area contributed by atoms with Gasteiger partial charge in [0.25, 0.3) is 5.69 Å². The Morgan fingerprint density at radius 3 is 2.33 bits per heavy atom. The van der Waals surface area contributed by atoms with Crippen molar-refractivity contribution in [3.63, 3.8) is 0 Å². The molecule has 0 saturated carbocycles. The molecule has 1 aromatic carbocycles. The van der Waals surface area contributed by atoms with E-state index in [0.717, 1.165) is 18.7 Å². The van der Waals surface area contributed by atoms with Gasteiger partial charge in [-0.05, 0) is 0 Å². The van der Waals surface area contributed by atoms with Crippen molar-refractivity contribution < 1.29 is 14.5 Å². The molecule has 0 unspecified atom stereocenters. The number of carbonyl (C=O) groups excluding carboxylic acids is 1. The van der Waals surface area contributed by atoms with E-state index >= 15 is 0 Å². The van der Waals surface area contributed by atoms with Gasteiger partial charge in [-0.3, -0.25) is 15.0 Å². The zero-order valence-corrected chi connectivity index (χ0v) is 13.6. The average Bonchev–Trinajstić information content (AvgIpc) is 2.63. The third-order valence-corrected chi connectivity index (χ3v) is 4.51. The van der Waals surface area contributed by atoms with Crippen molar-refractivity contribution in [2.24, 2.45) is 0 Å². The molecule has 0 atom stereocenters. The second-order valence-corrected chi connectivity index (χ2v) is 6.03. The molecule has 3 rings (SSSR count). The summed E-state index contributed by atoms with van der Waals surface area (Å²) in [6.45, 7) is 5.78. The third-order valence-electron chi connectivity index (χ3n) is 4.51. The van der Waals surface area contributed by atoms with Crippen molar-refractivity contribution in [2.45, 2.75) is 6.54 Å². The monoisotopic (exact) mass is 334 g/mol. The predicted molar refractivity (Wildman–Crippen MR) is 87.7 cm³/mol. The number of amides is 2. The lowest BCUT2D eigenvalue weighted by Crippen LogP contribution is -2.54. The van der Waals surface area contributed by atoms with Gasteiger partial charge in [-0.2, -0.15) is 0 Å². The van der Waals surface area contributed by atoms with Gasteiger partial charge in [-0.25, -0.2) is 4.79 Å². The number of nitrogens with zero attached hydrogens (tertiary/aromatic N) is 4. The van der Waals surface area contributed by atoms with Crippen LogP contribution in [0.25, 0.3) is 0 Å². The highest BCUT2D eigenvalue weighted by molar-refractivity contribution is 5.74. The highest BCUT2D eigenvalue weighted by atomic mass is 16.6. The standard InChI is InChI=1S/C16H22N4O4/c21-16(19-9-11-24-12-10-19)18-7-5-17(6-8-18)13-14-3-1-2-4-15(14)20(22)23/h1-4H,5-13H2. The number of morpholine rings is 1. The van der Waals surface area contributed by atoms with E-state index in [2.05, 4.69) is 4.90 Å². The fourth-order valence-corrected chi connectivity index (χ4v) is 3.12. The summed E-state index contributed by atoms with van der Waals surface area (Å²) in [5.74, 6) is 0. The maximum absolute atomic E-state index is 12.5. The molecule has 8 heteroatoms. The first kappa shape index (κ1) is 16.7. The van der Waals surface area contributed by atoms with Gasteiger partial charge >= 0.3 is 6.03 Å². The van der Waals surface area contributed by atoms with Crippen molar-refractivity contribution in [1.82, 2.24) is 14.7 Å². The zero-order valence-electron chi connectivity index (χ0n) is 13.6. The number of hydrogen-bond donors (Lipinski definition) is 0. The maximum Gasteiger partial charge on any atom is 0.320 e. The highest BCUT2D eigenvalue weighted by Crippen LogP contribution is 2.20. The lowest BCUT2D eigenvalue weighted by atomic mass is 10.1. The van der Waals surface area contributed by atoms with Crippen molar-refractivity contribution in [1.29, 1.82) is 0 Å². The Balaban J connectivity index is 1.54. The molecule has 0 aromatic heterocycles. The minimum absolute atomic E-state index is 0.0728. The molecule has 1 aromatic rings. The van der Waals surface area contributed by atoms with Crippen LogP contribution in [0, 0.1) is 10.1 Å². The van der Waals surface area contributed by atoms with Crippen molar-refractivity contribution in [2.75, 3.05) is 52.5 Å². The number of para-hydroxylation sites is 1. The minimum Gasteiger partial charge on any atom is -0.378 e. The summed E-state index contributed by atoms with van der Waals surface area (Å²) < 4.78 is 5.28. The number of piperazine rings is 1. The van der Waals surface area contributed by atoms with Crippen LogP contribution in [0.5, 0.6) is 0 Å². The summed E-state index contributed by atoms with van der Waals surface area (Å²) in [4.78, 5) is 29.1. The van der Waals surface area contributed by atoms with Gasteiger partial charge in [0.2, 0.25) is 0 Å². The fourth-order valence-electron chi connectivity index (χ4n) is 3.12. The second kappa shape index (κ2) is 7.59. The van der Waals surface area contributed by atoms with Crippen molar-refractivity contribution in [3.8, 4) is 0 Å². The summed E-state index contributed by atoms with van der Waals surface area (Å²) in [6, 6.07) is 6.90. The predicted octanol–water partition coefficient (Wildman–Crippen LogP) is 1.16. The van der Waals surface area contributed by atoms with Crippen molar-refractivity contribution >= 4 is 11.7 Å². The number of hydrogen-bond acceptors (Lipinski definition) is 5. The molecule has 24 heavy (non-hydrogen) atoms. The first-order valence-corrected chi connectivity index (χ1v) is 8.21. The number of ether oxygens (including phenoxy) is 1. The van der Waals surface area contributed by atoms with E-state index in [0.29, 0.717) is 45.9 Å². The molecular formula is C16H22N4O4. The number of nitro benzene ring substituents is 1. The maximum atomic E-state index is 12.5. The third kappa shape index (κ3) is 3.82. The Bertz CT molecular complexity index is 595. The van der Waals surface area contributed by atoms with Gasteiger partial charge in [0, 0.05) is 57.4 Å². The summed E-state index contributed by atoms with van der Waals surface area (Å²) in [5, 5.41) is 11.1. The normalized spacial score (nSPS) is 19.3. The molecule has 2 heterocycles. The minimum atomic E-state index is -0.340. The van der Waals surface area contributed by atoms with E-state index in [9.17, 15) is 14.9 Å². The average molecular weight is 334 g/mol. The Kier molecular flexibility index (Phi) is 5.27. The second-order valence-electron chi connectivity index (χ2n) is 6.03. The van der Waals surface area contributed by atoms with Gasteiger partial charge in [0.15, 0.2) is 0 Å².